The van der Waals surface area contributed by atoms with Crippen LogP contribution in [0, 0.1) is 6.57 Å². The van der Waals surface area contributed by atoms with Crippen LogP contribution in [0.2, 0.25) is 0 Å². The SMILES string of the molecule is [C-]#[N+]CCc1nc2n(n1)CCN(C)C2. The first-order chi connectivity index (χ1) is 6.79. The summed E-state index contributed by atoms with van der Waals surface area (Å²) >= 11 is 0. The molecule has 14 heavy (non-hydrogen) atoms. The Morgan fingerprint density at radius 2 is 2.36 bits per heavy atom. The second kappa shape index (κ2) is 3.76. The fourth-order valence-corrected chi connectivity index (χ4v) is 1.57. The highest BCUT2D eigenvalue weighted by atomic mass is 15.4. The molecule has 0 bridgehead atoms. The van der Waals surface area contributed by atoms with Gasteiger partial charge in [-0.3, -0.25) is 4.90 Å². The van der Waals surface area contributed by atoms with E-state index >= 15 is 0 Å². The van der Waals surface area contributed by atoms with Crippen LogP contribution in [0.15, 0.2) is 0 Å². The predicted molar refractivity (Wildman–Crippen MR) is 51.5 cm³/mol. The molecule has 0 saturated heterocycles. The molecule has 2 heterocycles. The van der Waals surface area contributed by atoms with E-state index in [2.05, 4.69) is 26.9 Å². The summed E-state index contributed by atoms with van der Waals surface area (Å²) in [6.45, 7) is 9.99. The summed E-state index contributed by atoms with van der Waals surface area (Å²) in [6.07, 6.45) is 0.674. The van der Waals surface area contributed by atoms with Gasteiger partial charge in [0.1, 0.15) is 5.82 Å². The topological polar surface area (TPSA) is 38.3 Å². The van der Waals surface area contributed by atoms with Crippen LogP contribution in [-0.4, -0.2) is 39.8 Å². The van der Waals surface area contributed by atoms with Crippen molar-refractivity contribution in [1.29, 1.82) is 0 Å². The lowest BCUT2D eigenvalue weighted by atomic mass is 10.4. The van der Waals surface area contributed by atoms with E-state index in [-0.39, 0.29) is 0 Å². The lowest BCUT2D eigenvalue weighted by Crippen LogP contribution is -2.30. The summed E-state index contributed by atoms with van der Waals surface area (Å²) in [6, 6.07) is 0. The average Bonchev–Trinajstić information content (AvgIpc) is 2.56. The number of nitrogens with zero attached hydrogens (tertiary/aromatic N) is 5. The molecular formula is C9H13N5. The lowest BCUT2D eigenvalue weighted by Gasteiger charge is -2.21. The first-order valence-electron chi connectivity index (χ1n) is 4.74. The minimum absolute atomic E-state index is 0.485. The Balaban J connectivity index is 2.12. The van der Waals surface area contributed by atoms with Gasteiger partial charge in [0.15, 0.2) is 5.82 Å². The molecule has 0 aliphatic carbocycles. The zero-order chi connectivity index (χ0) is 9.97. The van der Waals surface area contributed by atoms with Gasteiger partial charge in [0, 0.05) is 6.54 Å². The monoisotopic (exact) mass is 191 g/mol. The van der Waals surface area contributed by atoms with Crippen LogP contribution >= 0.6 is 0 Å². The van der Waals surface area contributed by atoms with Crippen LogP contribution in [0.4, 0.5) is 0 Å². The second-order valence-corrected chi connectivity index (χ2v) is 3.54. The summed E-state index contributed by atoms with van der Waals surface area (Å²) in [5, 5.41) is 4.36. The third-order valence-electron chi connectivity index (χ3n) is 2.34. The fourth-order valence-electron chi connectivity index (χ4n) is 1.57. The van der Waals surface area contributed by atoms with Crippen molar-refractivity contribution in [3.63, 3.8) is 0 Å². The molecule has 1 aromatic heterocycles. The molecule has 0 spiro atoms. The largest absolute Gasteiger partial charge is 0.316 e. The van der Waals surface area contributed by atoms with Gasteiger partial charge in [-0.15, -0.1) is 0 Å². The van der Waals surface area contributed by atoms with Gasteiger partial charge in [0.05, 0.1) is 19.5 Å². The van der Waals surface area contributed by atoms with E-state index in [0.29, 0.717) is 13.0 Å². The van der Waals surface area contributed by atoms with Crippen LogP contribution in [0.3, 0.4) is 0 Å². The zero-order valence-corrected chi connectivity index (χ0v) is 8.27. The molecule has 0 radical (unpaired) electrons. The molecule has 0 aromatic carbocycles. The van der Waals surface area contributed by atoms with Gasteiger partial charge in [-0.1, -0.05) is 0 Å². The number of likely N-dealkylation sites (N-methyl/N-ethyl adjacent to an activating group) is 1. The van der Waals surface area contributed by atoms with Crippen molar-refractivity contribution in [2.24, 2.45) is 0 Å². The van der Waals surface area contributed by atoms with Gasteiger partial charge in [0.2, 0.25) is 6.54 Å². The number of hydrogen-bond acceptors (Lipinski definition) is 3. The molecule has 5 nitrogen and oxygen atoms in total. The third kappa shape index (κ3) is 1.75. The van der Waals surface area contributed by atoms with Crippen molar-refractivity contribution in [3.05, 3.63) is 23.1 Å². The van der Waals surface area contributed by atoms with Crippen molar-refractivity contribution in [3.8, 4) is 0 Å². The normalized spacial score (nSPS) is 16.3. The maximum Gasteiger partial charge on any atom is 0.221 e. The third-order valence-corrected chi connectivity index (χ3v) is 2.34. The summed E-state index contributed by atoms with van der Waals surface area (Å²) < 4.78 is 1.96. The van der Waals surface area contributed by atoms with E-state index in [4.69, 9.17) is 6.57 Å². The summed E-state index contributed by atoms with van der Waals surface area (Å²) in [4.78, 5) is 9.93. The summed E-state index contributed by atoms with van der Waals surface area (Å²) in [5.74, 6) is 1.84. The van der Waals surface area contributed by atoms with E-state index in [0.717, 1.165) is 31.3 Å². The average molecular weight is 191 g/mol. The molecule has 1 aliphatic heterocycles. The standard InChI is InChI=1S/C9H13N5/c1-10-4-3-8-11-9-7-13(2)5-6-14(9)12-8/h3-7H2,2H3. The number of fused-ring (bicyclic) bond motifs is 1. The number of hydrogen-bond donors (Lipinski definition) is 0. The first-order valence-corrected chi connectivity index (χ1v) is 4.74. The predicted octanol–water partition coefficient (Wildman–Crippen LogP) is 0.185. The van der Waals surface area contributed by atoms with E-state index in [1.807, 2.05) is 4.68 Å². The Hall–Kier alpha value is -1.41. The molecule has 0 saturated carbocycles. The van der Waals surface area contributed by atoms with E-state index < -0.39 is 0 Å². The van der Waals surface area contributed by atoms with Gasteiger partial charge in [-0.05, 0) is 7.05 Å². The molecule has 0 N–H and O–H groups in total. The van der Waals surface area contributed by atoms with Crippen molar-refractivity contribution >= 4 is 0 Å². The fraction of sp³-hybridized carbons (Fsp3) is 0.667. The smallest absolute Gasteiger partial charge is 0.221 e. The van der Waals surface area contributed by atoms with Crippen LogP contribution in [0.1, 0.15) is 11.6 Å². The Morgan fingerprint density at radius 3 is 3.14 bits per heavy atom. The number of aromatic nitrogens is 3. The Morgan fingerprint density at radius 1 is 1.50 bits per heavy atom. The highest BCUT2D eigenvalue weighted by Crippen LogP contribution is 2.08. The minimum Gasteiger partial charge on any atom is -0.316 e. The highest BCUT2D eigenvalue weighted by Gasteiger charge is 2.16. The Labute approximate surface area is 83.2 Å². The van der Waals surface area contributed by atoms with Gasteiger partial charge in [0.25, 0.3) is 0 Å². The molecule has 1 aromatic rings. The summed E-state index contributed by atoms with van der Waals surface area (Å²) in [5.41, 5.74) is 0. The van der Waals surface area contributed by atoms with E-state index in [9.17, 15) is 0 Å². The van der Waals surface area contributed by atoms with Gasteiger partial charge in [-0.2, -0.15) is 5.10 Å². The Kier molecular flexibility index (Phi) is 2.46. The highest BCUT2D eigenvalue weighted by molar-refractivity contribution is 4.96. The molecule has 0 atom stereocenters. The van der Waals surface area contributed by atoms with Crippen molar-refractivity contribution in [1.82, 2.24) is 19.7 Å². The number of rotatable bonds is 2. The summed E-state index contributed by atoms with van der Waals surface area (Å²) in [7, 11) is 2.08. The molecule has 0 fully saturated rings. The molecule has 0 unspecified atom stereocenters. The first kappa shape index (κ1) is 9.16. The van der Waals surface area contributed by atoms with E-state index in [1.54, 1.807) is 0 Å². The second-order valence-electron chi connectivity index (χ2n) is 3.54. The van der Waals surface area contributed by atoms with Gasteiger partial charge < -0.3 is 4.85 Å². The van der Waals surface area contributed by atoms with Crippen LogP contribution in [0.25, 0.3) is 4.85 Å². The molecule has 5 heteroatoms. The lowest BCUT2D eigenvalue weighted by molar-refractivity contribution is 0.254. The molecule has 1 aliphatic rings. The van der Waals surface area contributed by atoms with Crippen LogP contribution < -0.4 is 0 Å². The minimum atomic E-state index is 0.485. The van der Waals surface area contributed by atoms with E-state index in [1.165, 1.54) is 0 Å². The quantitative estimate of drug-likeness (QED) is 0.626. The van der Waals surface area contributed by atoms with Crippen molar-refractivity contribution in [2.75, 3.05) is 20.1 Å². The zero-order valence-electron chi connectivity index (χ0n) is 8.27. The maximum absolute atomic E-state index is 6.70. The van der Waals surface area contributed by atoms with Gasteiger partial charge >= 0.3 is 0 Å². The van der Waals surface area contributed by atoms with Crippen LogP contribution in [0.5, 0.6) is 0 Å². The molecule has 0 amide bonds. The van der Waals surface area contributed by atoms with Crippen LogP contribution in [-0.2, 0) is 19.5 Å². The van der Waals surface area contributed by atoms with Crippen molar-refractivity contribution in [2.45, 2.75) is 19.5 Å². The molecule has 74 valence electrons. The van der Waals surface area contributed by atoms with Crippen molar-refractivity contribution < 1.29 is 0 Å². The maximum atomic E-state index is 6.70. The molecule has 2 rings (SSSR count). The van der Waals surface area contributed by atoms with Gasteiger partial charge in [-0.25, -0.2) is 16.2 Å². The Bertz CT molecular complexity index is 362. The molecular weight excluding hydrogens is 178 g/mol.